The van der Waals surface area contributed by atoms with Crippen molar-refractivity contribution in [1.29, 1.82) is 0 Å². The first kappa shape index (κ1) is 22.8. The first-order valence-corrected chi connectivity index (χ1v) is 9.83. The summed E-state index contributed by atoms with van der Waals surface area (Å²) in [4.78, 5) is 14.9. The number of aromatic hydroxyl groups is 1. The molecule has 1 atom stereocenters. The molecule has 0 amide bonds. The van der Waals surface area contributed by atoms with E-state index in [1.54, 1.807) is 55.5 Å². The van der Waals surface area contributed by atoms with Gasteiger partial charge < -0.3 is 19.7 Å². The maximum Gasteiger partial charge on any atom is 0.311 e. The van der Waals surface area contributed by atoms with Crippen LogP contribution in [0.5, 0.6) is 17.2 Å². The predicted molar refractivity (Wildman–Crippen MR) is 121 cm³/mol. The number of nitro benzene ring substituents is 1. The maximum absolute atomic E-state index is 12.1. The Morgan fingerprint density at radius 2 is 1.50 bits per heavy atom. The third kappa shape index (κ3) is 4.13. The number of hydrogen-bond acceptors (Lipinski definition) is 7. The third-order valence-corrected chi connectivity index (χ3v) is 5.32. The Bertz CT molecular complexity index is 1100. The van der Waals surface area contributed by atoms with Gasteiger partial charge in [0.15, 0.2) is 0 Å². The fourth-order valence-electron chi connectivity index (χ4n) is 3.61. The van der Waals surface area contributed by atoms with Crippen LogP contribution in [-0.4, -0.2) is 41.6 Å². The van der Waals surface area contributed by atoms with E-state index in [0.29, 0.717) is 22.6 Å². The van der Waals surface area contributed by atoms with Crippen LogP contribution in [0.1, 0.15) is 23.6 Å². The molecule has 0 aliphatic heterocycles. The number of phenols is 1. The Labute approximate surface area is 185 Å². The lowest BCUT2D eigenvalue weighted by atomic mass is 9.80. The minimum Gasteiger partial charge on any atom is -0.502 e. The van der Waals surface area contributed by atoms with Crippen LogP contribution in [0.3, 0.4) is 0 Å². The van der Waals surface area contributed by atoms with Crippen molar-refractivity contribution >= 4 is 11.9 Å². The fraction of sp³-hybridized carbons (Fsp3) is 0.208. The van der Waals surface area contributed by atoms with Crippen LogP contribution in [0.2, 0.25) is 0 Å². The van der Waals surface area contributed by atoms with Crippen LogP contribution in [0, 0.1) is 10.1 Å². The highest BCUT2D eigenvalue weighted by Crippen LogP contribution is 2.43. The molecule has 0 radical (unpaired) electrons. The molecule has 0 heterocycles. The van der Waals surface area contributed by atoms with Gasteiger partial charge >= 0.3 is 5.69 Å². The minimum absolute atomic E-state index is 0.161. The highest BCUT2D eigenvalue weighted by Gasteiger charge is 2.42. The van der Waals surface area contributed by atoms with Crippen LogP contribution < -0.4 is 9.47 Å². The van der Waals surface area contributed by atoms with Gasteiger partial charge in [0.1, 0.15) is 17.1 Å². The van der Waals surface area contributed by atoms with Gasteiger partial charge in [-0.25, -0.2) is 0 Å². The van der Waals surface area contributed by atoms with Gasteiger partial charge in [0.25, 0.3) is 0 Å². The molecule has 8 nitrogen and oxygen atoms in total. The second kappa shape index (κ2) is 9.49. The monoisotopic (exact) mass is 436 g/mol. The molecular formula is C24H24N2O6. The number of hydrogen-bond donors (Lipinski definition) is 2. The van der Waals surface area contributed by atoms with Crippen molar-refractivity contribution in [3.63, 3.8) is 0 Å². The van der Waals surface area contributed by atoms with Crippen molar-refractivity contribution in [2.75, 3.05) is 14.2 Å². The van der Waals surface area contributed by atoms with E-state index < -0.39 is 28.0 Å². The first-order valence-electron chi connectivity index (χ1n) is 9.83. The van der Waals surface area contributed by atoms with E-state index in [4.69, 9.17) is 9.47 Å². The first-order chi connectivity index (χ1) is 15.3. The molecule has 0 unspecified atom stereocenters. The SMILES string of the molecule is COc1ccccc1C(O)(c1ccccc1OC)[C@@H](C)N=Cc1cccc([N+](=O)[O-])c1O. The highest BCUT2D eigenvalue weighted by atomic mass is 16.6. The minimum atomic E-state index is -1.67. The molecule has 0 aromatic heterocycles. The number of nitrogens with zero attached hydrogens (tertiary/aromatic N) is 2. The molecule has 32 heavy (non-hydrogen) atoms. The van der Waals surface area contributed by atoms with E-state index >= 15 is 0 Å². The van der Waals surface area contributed by atoms with Crippen molar-refractivity contribution < 1.29 is 24.6 Å². The lowest BCUT2D eigenvalue weighted by molar-refractivity contribution is -0.385. The molecule has 8 heteroatoms. The summed E-state index contributed by atoms with van der Waals surface area (Å²) in [7, 11) is 3.02. The van der Waals surface area contributed by atoms with Gasteiger partial charge in [0, 0.05) is 29.0 Å². The van der Waals surface area contributed by atoms with Crippen LogP contribution in [0.15, 0.2) is 71.7 Å². The average Bonchev–Trinajstić information content (AvgIpc) is 2.82. The number of phenolic OH excluding ortho intramolecular Hbond substituents is 1. The zero-order chi connectivity index (χ0) is 23.3. The van der Waals surface area contributed by atoms with E-state index in [1.807, 2.05) is 0 Å². The van der Waals surface area contributed by atoms with Crippen molar-refractivity contribution in [3.05, 3.63) is 93.5 Å². The summed E-state index contributed by atoms with van der Waals surface area (Å²) >= 11 is 0. The number of aliphatic hydroxyl groups is 1. The number of para-hydroxylation sites is 3. The van der Waals surface area contributed by atoms with Gasteiger partial charge in [-0.1, -0.05) is 42.5 Å². The molecule has 166 valence electrons. The molecule has 0 saturated carbocycles. The van der Waals surface area contributed by atoms with Crippen LogP contribution >= 0.6 is 0 Å². The van der Waals surface area contributed by atoms with Crippen molar-refractivity contribution in [2.45, 2.75) is 18.6 Å². The molecule has 3 rings (SSSR count). The fourth-order valence-corrected chi connectivity index (χ4v) is 3.61. The number of nitro groups is 1. The van der Waals surface area contributed by atoms with Gasteiger partial charge in [0.2, 0.25) is 5.75 Å². The number of benzene rings is 3. The Balaban J connectivity index is 2.16. The predicted octanol–water partition coefficient (Wildman–Crippen LogP) is 4.06. The topological polar surface area (TPSA) is 114 Å². The van der Waals surface area contributed by atoms with E-state index in [-0.39, 0.29) is 5.56 Å². The molecule has 3 aromatic rings. The van der Waals surface area contributed by atoms with E-state index in [1.165, 1.54) is 38.6 Å². The van der Waals surface area contributed by atoms with Crippen molar-refractivity contribution in [2.24, 2.45) is 4.99 Å². The van der Waals surface area contributed by atoms with E-state index in [2.05, 4.69) is 4.99 Å². The third-order valence-electron chi connectivity index (χ3n) is 5.32. The molecule has 0 aliphatic rings. The Morgan fingerprint density at radius 1 is 0.969 bits per heavy atom. The average molecular weight is 436 g/mol. The molecule has 0 bridgehead atoms. The standard InChI is InChI=1S/C24H24N2O6/c1-16(25-15-17-9-8-12-20(23(17)27)26(29)30)24(28,18-10-4-6-13-21(18)31-2)19-11-5-7-14-22(19)32-3/h4-16,27-28H,1-3H3/t16-/m1/s1. The van der Waals surface area contributed by atoms with Gasteiger partial charge in [-0.05, 0) is 25.1 Å². The van der Waals surface area contributed by atoms with Crippen LogP contribution in [-0.2, 0) is 5.60 Å². The summed E-state index contributed by atoms with van der Waals surface area (Å²) in [6, 6.07) is 17.5. The molecule has 0 saturated heterocycles. The summed E-state index contributed by atoms with van der Waals surface area (Å²) in [5, 5.41) is 33.4. The number of rotatable bonds is 8. The molecule has 3 aromatic carbocycles. The molecular weight excluding hydrogens is 412 g/mol. The highest BCUT2D eigenvalue weighted by molar-refractivity contribution is 5.85. The lowest BCUT2D eigenvalue weighted by Gasteiger charge is -2.35. The Morgan fingerprint density at radius 3 is 2.00 bits per heavy atom. The van der Waals surface area contributed by atoms with E-state index in [9.17, 15) is 20.3 Å². The summed E-state index contributed by atoms with van der Waals surface area (Å²) in [5.41, 5.74) is -0.994. The van der Waals surface area contributed by atoms with E-state index in [0.717, 1.165) is 0 Å². The summed E-state index contributed by atoms with van der Waals surface area (Å²) < 4.78 is 11.0. The summed E-state index contributed by atoms with van der Waals surface area (Å²) in [6.07, 6.45) is 1.31. The van der Waals surface area contributed by atoms with Gasteiger partial charge in [0.05, 0.1) is 25.2 Å². The number of methoxy groups -OCH3 is 2. The van der Waals surface area contributed by atoms with Crippen LogP contribution in [0.4, 0.5) is 5.69 Å². The smallest absolute Gasteiger partial charge is 0.311 e. The normalized spacial score (nSPS) is 12.5. The Hall–Kier alpha value is -3.91. The summed E-state index contributed by atoms with van der Waals surface area (Å²) in [6.45, 7) is 1.70. The molecule has 0 spiro atoms. The number of aliphatic imine (C=N–C) groups is 1. The lowest BCUT2D eigenvalue weighted by Crippen LogP contribution is -2.38. The summed E-state index contributed by atoms with van der Waals surface area (Å²) in [5.74, 6) is 0.425. The van der Waals surface area contributed by atoms with Crippen molar-refractivity contribution in [1.82, 2.24) is 0 Å². The molecule has 0 fully saturated rings. The van der Waals surface area contributed by atoms with Gasteiger partial charge in [-0.15, -0.1) is 0 Å². The zero-order valence-electron chi connectivity index (χ0n) is 17.9. The second-order valence-electron chi connectivity index (χ2n) is 7.09. The largest absolute Gasteiger partial charge is 0.502 e. The second-order valence-corrected chi connectivity index (χ2v) is 7.09. The maximum atomic E-state index is 12.1. The van der Waals surface area contributed by atoms with Gasteiger partial charge in [-0.2, -0.15) is 0 Å². The molecule has 0 aliphatic carbocycles. The zero-order valence-corrected chi connectivity index (χ0v) is 17.9. The van der Waals surface area contributed by atoms with Gasteiger partial charge in [-0.3, -0.25) is 15.1 Å². The quantitative estimate of drug-likeness (QED) is 0.313. The van der Waals surface area contributed by atoms with Crippen molar-refractivity contribution in [3.8, 4) is 17.2 Å². The molecule has 2 N–H and O–H groups in total. The number of ether oxygens (including phenoxy) is 2. The Kier molecular flexibility index (Phi) is 6.75. The van der Waals surface area contributed by atoms with Crippen LogP contribution in [0.25, 0.3) is 0 Å².